The number of benzene rings is 2. The Balaban J connectivity index is 2.08. The normalized spacial score (nSPS) is 10.3. The lowest BCUT2D eigenvalue weighted by Gasteiger charge is -2.04. The molecule has 0 heterocycles. The molecule has 0 fully saturated rings. The van der Waals surface area contributed by atoms with Gasteiger partial charge in [0.05, 0.1) is 0 Å². The lowest BCUT2D eigenvalue weighted by atomic mass is 10.1. The smallest absolute Gasteiger partial charge is 0.222 e. The second-order valence-electron chi connectivity index (χ2n) is 5.12. The van der Waals surface area contributed by atoms with Crippen molar-refractivity contribution in [1.29, 1.82) is 0 Å². The van der Waals surface area contributed by atoms with Crippen LogP contribution in [0.5, 0.6) is 11.5 Å². The van der Waals surface area contributed by atoms with Gasteiger partial charge in [-0.25, -0.2) is 9.05 Å². The zero-order valence-electron chi connectivity index (χ0n) is 13.1. The fraction of sp³-hybridized carbons (Fsp3) is 0.333. The third kappa shape index (κ3) is 4.57. The fourth-order valence-electron chi connectivity index (χ4n) is 2.32. The Labute approximate surface area is 133 Å². The fourth-order valence-corrected chi connectivity index (χ4v) is 3.03. The molecule has 0 bridgehead atoms. The van der Waals surface area contributed by atoms with Gasteiger partial charge in [-0.3, -0.25) is 0 Å². The molecule has 2 aromatic rings. The van der Waals surface area contributed by atoms with Crippen LogP contribution in [-0.4, -0.2) is 0 Å². The first kappa shape index (κ1) is 16.5. The van der Waals surface area contributed by atoms with Crippen molar-refractivity contribution in [1.82, 2.24) is 0 Å². The number of para-hydroxylation sites is 2. The molecule has 116 valence electrons. The monoisotopic (exact) mass is 317 g/mol. The summed E-state index contributed by atoms with van der Waals surface area (Å²) < 4.78 is 23.2. The maximum Gasteiger partial charge on any atom is 0.805 e. The van der Waals surface area contributed by atoms with Crippen LogP contribution < -0.4 is 9.05 Å². The molecule has 2 aromatic carbocycles. The van der Waals surface area contributed by atoms with Gasteiger partial charge in [0.1, 0.15) is 0 Å². The number of hydrogen-bond acceptors (Lipinski definition) is 3. The van der Waals surface area contributed by atoms with E-state index in [4.69, 9.17) is 9.05 Å². The molecule has 0 saturated carbocycles. The van der Waals surface area contributed by atoms with Crippen molar-refractivity contribution in [2.24, 2.45) is 0 Å². The van der Waals surface area contributed by atoms with Gasteiger partial charge in [0.15, 0.2) is 11.5 Å². The van der Waals surface area contributed by atoms with Crippen LogP contribution in [0.25, 0.3) is 0 Å². The summed E-state index contributed by atoms with van der Waals surface area (Å²) in [5.41, 5.74) is 2.11. The molecular formula is C18H22O3P+. The van der Waals surface area contributed by atoms with Crippen molar-refractivity contribution in [3.05, 3.63) is 59.7 Å². The Morgan fingerprint density at radius 3 is 1.59 bits per heavy atom. The molecule has 2 rings (SSSR count). The molecule has 22 heavy (non-hydrogen) atoms. The van der Waals surface area contributed by atoms with E-state index in [1.807, 2.05) is 48.5 Å². The largest absolute Gasteiger partial charge is 0.805 e. The molecule has 0 N–H and O–H groups in total. The van der Waals surface area contributed by atoms with Crippen LogP contribution in [0.2, 0.25) is 0 Å². The van der Waals surface area contributed by atoms with E-state index in [9.17, 15) is 4.57 Å². The summed E-state index contributed by atoms with van der Waals surface area (Å²) in [6.45, 7) is 4.21. The van der Waals surface area contributed by atoms with E-state index in [0.29, 0.717) is 11.5 Å². The molecule has 0 spiro atoms. The summed E-state index contributed by atoms with van der Waals surface area (Å²) in [6, 6.07) is 15.3. The minimum Gasteiger partial charge on any atom is -0.222 e. The predicted octanol–water partition coefficient (Wildman–Crippen LogP) is 5.71. The van der Waals surface area contributed by atoms with Gasteiger partial charge < -0.3 is 0 Å². The number of aryl methyl sites for hydroxylation is 2. The summed E-state index contributed by atoms with van der Waals surface area (Å²) in [5, 5.41) is 0. The van der Waals surface area contributed by atoms with Crippen molar-refractivity contribution in [3.8, 4) is 11.5 Å². The molecule has 0 aromatic heterocycles. The molecule has 4 heteroatoms. The molecular weight excluding hydrogens is 295 g/mol. The molecule has 0 aliphatic carbocycles. The first-order valence-electron chi connectivity index (χ1n) is 7.73. The average Bonchev–Trinajstić information content (AvgIpc) is 2.52. The van der Waals surface area contributed by atoms with Gasteiger partial charge in [0.2, 0.25) is 0 Å². The van der Waals surface area contributed by atoms with Crippen LogP contribution in [-0.2, 0) is 17.4 Å². The molecule has 3 nitrogen and oxygen atoms in total. The second kappa shape index (κ2) is 8.55. The van der Waals surface area contributed by atoms with Gasteiger partial charge >= 0.3 is 8.25 Å². The molecule has 0 aliphatic heterocycles. The third-order valence-corrected chi connectivity index (χ3v) is 4.02. The van der Waals surface area contributed by atoms with Crippen molar-refractivity contribution in [3.63, 3.8) is 0 Å². The van der Waals surface area contributed by atoms with E-state index in [-0.39, 0.29) is 0 Å². The quantitative estimate of drug-likeness (QED) is 0.585. The molecule has 0 saturated heterocycles. The van der Waals surface area contributed by atoms with Crippen molar-refractivity contribution >= 4 is 8.25 Å². The van der Waals surface area contributed by atoms with Gasteiger partial charge in [-0.05, 0) is 25.0 Å². The zero-order chi connectivity index (χ0) is 15.8. The summed E-state index contributed by atoms with van der Waals surface area (Å²) in [7, 11) is -2.24. The van der Waals surface area contributed by atoms with E-state index in [2.05, 4.69) is 13.8 Å². The summed E-state index contributed by atoms with van der Waals surface area (Å²) in [5.74, 6) is 1.27. The maximum atomic E-state index is 12.2. The van der Waals surface area contributed by atoms with Crippen LogP contribution >= 0.6 is 8.25 Å². The Morgan fingerprint density at radius 2 is 1.18 bits per heavy atom. The molecule has 0 radical (unpaired) electrons. The van der Waals surface area contributed by atoms with Crippen molar-refractivity contribution in [2.45, 2.75) is 39.5 Å². The van der Waals surface area contributed by atoms with Gasteiger partial charge in [-0.15, -0.1) is 0 Å². The standard InChI is InChI=1S/C18H22O3P/c1-3-9-15-11-5-7-13-17(15)20-22(19)21-18-14-8-6-12-16(18)10-4-2/h5-8,11-14H,3-4,9-10H2,1-2H3/q+1. The Hall–Kier alpha value is -1.86. The highest BCUT2D eigenvalue weighted by Crippen LogP contribution is 2.34. The average molecular weight is 317 g/mol. The van der Waals surface area contributed by atoms with E-state index in [0.717, 1.165) is 36.8 Å². The molecule has 0 amide bonds. The van der Waals surface area contributed by atoms with Gasteiger partial charge in [-0.1, -0.05) is 63.1 Å². The minimum atomic E-state index is -2.24. The minimum absolute atomic E-state index is 0.637. The summed E-state index contributed by atoms with van der Waals surface area (Å²) in [4.78, 5) is 0. The van der Waals surface area contributed by atoms with Crippen LogP contribution in [0, 0.1) is 0 Å². The lowest BCUT2D eigenvalue weighted by Crippen LogP contribution is -1.95. The van der Waals surface area contributed by atoms with Crippen molar-refractivity contribution in [2.75, 3.05) is 0 Å². The highest BCUT2D eigenvalue weighted by atomic mass is 31.1. The van der Waals surface area contributed by atoms with E-state index in [1.54, 1.807) is 0 Å². The Bertz CT molecular complexity index is 572. The van der Waals surface area contributed by atoms with Gasteiger partial charge in [-0.2, -0.15) is 0 Å². The number of hydrogen-bond donors (Lipinski definition) is 0. The maximum absolute atomic E-state index is 12.2. The predicted molar refractivity (Wildman–Crippen MR) is 89.7 cm³/mol. The zero-order valence-corrected chi connectivity index (χ0v) is 14.0. The summed E-state index contributed by atoms with van der Waals surface area (Å²) >= 11 is 0. The number of rotatable bonds is 8. The lowest BCUT2D eigenvalue weighted by molar-refractivity contribution is 0.411. The van der Waals surface area contributed by atoms with Crippen LogP contribution in [0.4, 0.5) is 0 Å². The first-order valence-corrected chi connectivity index (χ1v) is 8.83. The van der Waals surface area contributed by atoms with Crippen LogP contribution in [0.3, 0.4) is 0 Å². The van der Waals surface area contributed by atoms with Crippen LogP contribution in [0.1, 0.15) is 37.8 Å². The Morgan fingerprint density at radius 1 is 0.773 bits per heavy atom. The second-order valence-corrected chi connectivity index (χ2v) is 5.93. The van der Waals surface area contributed by atoms with Crippen LogP contribution in [0.15, 0.2) is 48.5 Å². The third-order valence-electron chi connectivity index (χ3n) is 3.33. The highest BCUT2D eigenvalue weighted by molar-refractivity contribution is 7.34. The molecule has 0 unspecified atom stereocenters. The van der Waals surface area contributed by atoms with Crippen molar-refractivity contribution < 1.29 is 13.6 Å². The van der Waals surface area contributed by atoms with Gasteiger partial charge in [0.25, 0.3) is 0 Å². The SMILES string of the molecule is CCCc1ccccc1O[P+](=O)Oc1ccccc1CCC. The summed E-state index contributed by atoms with van der Waals surface area (Å²) in [6.07, 6.45) is 3.81. The molecule has 0 aliphatic rings. The first-order chi connectivity index (χ1) is 10.7. The highest BCUT2D eigenvalue weighted by Gasteiger charge is 2.26. The van der Waals surface area contributed by atoms with E-state index >= 15 is 0 Å². The molecule has 0 atom stereocenters. The van der Waals surface area contributed by atoms with E-state index in [1.165, 1.54) is 0 Å². The Kier molecular flexibility index (Phi) is 6.42. The van der Waals surface area contributed by atoms with E-state index < -0.39 is 8.25 Å². The van der Waals surface area contributed by atoms with Gasteiger partial charge in [0, 0.05) is 15.7 Å². The topological polar surface area (TPSA) is 35.5 Å².